The van der Waals surface area contributed by atoms with Gasteiger partial charge < -0.3 is 28.6 Å². The van der Waals surface area contributed by atoms with Gasteiger partial charge in [-0.15, -0.1) is 0 Å². The number of allylic oxidation sites excluding steroid dienone is 1. The molecule has 0 radical (unpaired) electrons. The van der Waals surface area contributed by atoms with Crippen LogP contribution in [0.3, 0.4) is 0 Å². The number of aryl methyl sites for hydroxylation is 1. The van der Waals surface area contributed by atoms with Crippen LogP contribution in [0, 0.1) is 41.4 Å². The lowest BCUT2D eigenvalue weighted by Gasteiger charge is -2.52. The zero-order chi connectivity index (χ0) is 31.0. The Balaban J connectivity index is 1.38. The lowest BCUT2D eigenvalue weighted by atomic mass is 9.59. The van der Waals surface area contributed by atoms with Crippen molar-refractivity contribution in [3.63, 3.8) is 0 Å². The molecule has 8 heteroatoms. The number of Topliss-reactive ketones (excluding diaryl/α,β-unsaturated/α-hetero) is 1. The molecule has 1 aliphatic heterocycles. The molecule has 3 fully saturated rings. The third-order valence-electron chi connectivity index (χ3n) is 11.8. The van der Waals surface area contributed by atoms with Crippen LogP contribution in [0.15, 0.2) is 41.5 Å². The average Bonchev–Trinajstić information content (AvgIpc) is 3.32. The second-order valence-electron chi connectivity index (χ2n) is 14.7. The Morgan fingerprint density at radius 3 is 2.58 bits per heavy atom. The fourth-order valence-electron chi connectivity index (χ4n) is 9.40. The quantitative estimate of drug-likeness (QED) is 0.384. The number of carbonyl (C=O) groups excluding carboxylic acids is 2. The van der Waals surface area contributed by atoms with Crippen molar-refractivity contribution in [2.45, 2.75) is 78.5 Å². The number of nitrogens with zero attached hydrogens (tertiary/aromatic N) is 1. The maximum Gasteiger partial charge on any atom is 0.341 e. The van der Waals surface area contributed by atoms with Crippen molar-refractivity contribution in [1.82, 2.24) is 4.57 Å². The second-order valence-corrected chi connectivity index (χ2v) is 14.7. The number of benzene rings is 1. The van der Waals surface area contributed by atoms with Gasteiger partial charge in [0.1, 0.15) is 11.9 Å². The molecule has 1 saturated heterocycles. The number of hydrogen-bond acceptors (Lipinski definition) is 7. The van der Waals surface area contributed by atoms with E-state index in [-0.39, 0.29) is 35.6 Å². The summed E-state index contributed by atoms with van der Waals surface area (Å²) in [6, 6.07) is 5.61. The van der Waals surface area contributed by atoms with Crippen molar-refractivity contribution < 1.29 is 33.6 Å². The van der Waals surface area contributed by atoms with Crippen LogP contribution in [0.25, 0.3) is 10.9 Å². The molecule has 230 valence electrons. The summed E-state index contributed by atoms with van der Waals surface area (Å²) < 4.78 is 26.5. The first-order valence-corrected chi connectivity index (χ1v) is 15.4. The monoisotopic (exact) mass is 589 g/mol. The molecule has 7 rings (SSSR count). The zero-order valence-electron chi connectivity index (χ0n) is 26.6. The number of methoxy groups -OCH3 is 1. The van der Waals surface area contributed by atoms with Crippen molar-refractivity contribution in [3.8, 4) is 5.75 Å². The molecular formula is C35H43NO7. The van der Waals surface area contributed by atoms with E-state index in [0.717, 1.165) is 23.2 Å². The number of esters is 1. The van der Waals surface area contributed by atoms with Gasteiger partial charge in [-0.1, -0.05) is 32.9 Å². The largest absolute Gasteiger partial charge is 0.497 e. The van der Waals surface area contributed by atoms with Gasteiger partial charge in [-0.2, -0.15) is 0 Å². The first-order valence-electron chi connectivity index (χ1n) is 15.4. The normalized spacial score (nSPS) is 38.6. The smallest absolute Gasteiger partial charge is 0.341 e. The van der Waals surface area contributed by atoms with E-state index in [9.17, 15) is 14.7 Å². The van der Waals surface area contributed by atoms with Crippen LogP contribution in [-0.2, 0) is 26.1 Å². The number of carbonyl (C=O) groups is 2. The zero-order valence-corrected chi connectivity index (χ0v) is 26.6. The highest BCUT2D eigenvalue weighted by Crippen LogP contribution is 2.72. The summed E-state index contributed by atoms with van der Waals surface area (Å²) in [5.74, 6) is -0.986. The van der Waals surface area contributed by atoms with E-state index in [1.54, 1.807) is 7.11 Å². The Morgan fingerprint density at radius 2 is 1.88 bits per heavy atom. The van der Waals surface area contributed by atoms with E-state index >= 15 is 0 Å². The molecule has 1 N–H and O–H groups in total. The second kappa shape index (κ2) is 8.83. The van der Waals surface area contributed by atoms with Crippen molar-refractivity contribution in [2.24, 2.45) is 41.5 Å². The summed E-state index contributed by atoms with van der Waals surface area (Å²) in [5, 5.41) is 14.0. The van der Waals surface area contributed by atoms with E-state index in [1.807, 2.05) is 69.7 Å². The van der Waals surface area contributed by atoms with E-state index in [4.69, 9.17) is 18.9 Å². The van der Waals surface area contributed by atoms with E-state index in [0.29, 0.717) is 28.2 Å². The Labute approximate surface area is 253 Å². The van der Waals surface area contributed by atoms with Crippen LogP contribution in [0.1, 0.15) is 64.0 Å². The van der Waals surface area contributed by atoms with Crippen LogP contribution in [-0.4, -0.2) is 58.7 Å². The van der Waals surface area contributed by atoms with Crippen LogP contribution in [0.2, 0.25) is 0 Å². The summed E-state index contributed by atoms with van der Waals surface area (Å²) in [6.07, 6.45) is 2.74. The Bertz CT molecular complexity index is 1640. The fourth-order valence-corrected chi connectivity index (χ4v) is 9.40. The summed E-state index contributed by atoms with van der Waals surface area (Å²) in [6.45, 7) is 14.2. The van der Waals surface area contributed by atoms with Gasteiger partial charge in [-0.3, -0.25) is 4.79 Å². The molecule has 4 aliphatic carbocycles. The highest BCUT2D eigenvalue weighted by atomic mass is 16.7. The third kappa shape index (κ3) is 3.54. The first kappa shape index (κ1) is 28.8. The molecule has 8 atom stereocenters. The van der Waals surface area contributed by atoms with Crippen LogP contribution >= 0.6 is 0 Å². The molecule has 1 aromatic heterocycles. The number of rotatable bonds is 3. The topological polar surface area (TPSA) is 96.2 Å². The van der Waals surface area contributed by atoms with Gasteiger partial charge in [-0.05, 0) is 86.6 Å². The molecule has 2 heterocycles. The number of fused-ring (bicyclic) bond motifs is 6. The van der Waals surface area contributed by atoms with Gasteiger partial charge >= 0.3 is 5.97 Å². The van der Waals surface area contributed by atoms with Gasteiger partial charge in [0.2, 0.25) is 0 Å². The van der Waals surface area contributed by atoms with Crippen molar-refractivity contribution in [3.05, 3.63) is 52.8 Å². The van der Waals surface area contributed by atoms with Crippen LogP contribution in [0.4, 0.5) is 0 Å². The minimum absolute atomic E-state index is 0.00661. The summed E-state index contributed by atoms with van der Waals surface area (Å²) in [7, 11) is 3.50. The molecule has 0 unspecified atom stereocenters. The number of ether oxygens (including phenoxy) is 4. The lowest BCUT2D eigenvalue weighted by Crippen LogP contribution is -2.68. The molecule has 43 heavy (non-hydrogen) atoms. The number of hydrogen-bond donors (Lipinski definition) is 1. The third-order valence-corrected chi connectivity index (χ3v) is 11.8. The maximum atomic E-state index is 14.9. The molecule has 0 amide bonds. The van der Waals surface area contributed by atoms with Gasteiger partial charge in [0.15, 0.2) is 23.3 Å². The van der Waals surface area contributed by atoms with E-state index in [1.165, 1.54) is 0 Å². The summed E-state index contributed by atoms with van der Waals surface area (Å²) in [5.41, 5.74) is 0.295. The Kier molecular flexibility index (Phi) is 5.91. The van der Waals surface area contributed by atoms with Crippen molar-refractivity contribution in [1.29, 1.82) is 0 Å². The van der Waals surface area contributed by atoms with E-state index < -0.39 is 35.0 Å². The highest BCUT2D eigenvalue weighted by molar-refractivity contribution is 6.06. The predicted molar refractivity (Wildman–Crippen MR) is 161 cm³/mol. The molecular weight excluding hydrogens is 546 g/mol. The Hall–Kier alpha value is -2.94. The maximum absolute atomic E-state index is 14.9. The molecule has 1 spiro atoms. The standard InChI is InChI=1S/C35H43NO7/c1-17-15-34-18(2)12-24-27(32(24,4)5)23(28(34)37)13-20-16-41-33(6,7)43-30(20)35(34,39)29(17)42-31(38)26-19(3)36(8)25-11-10-21(40-9)14-22(25)26/h10-11,13-15,18,23-24,27,29-30,39H,12,16H2,1-9H3/t18-,23+,24-,27+,29+,30-,34+,35-/m1/s1. The van der Waals surface area contributed by atoms with Crippen LogP contribution in [0.5, 0.6) is 5.75 Å². The minimum atomic E-state index is -1.86. The molecule has 2 saturated carbocycles. The van der Waals surface area contributed by atoms with Gasteiger partial charge in [0.25, 0.3) is 0 Å². The highest BCUT2D eigenvalue weighted by Gasteiger charge is 2.77. The minimum Gasteiger partial charge on any atom is -0.497 e. The predicted octanol–water partition coefficient (Wildman–Crippen LogP) is 5.29. The van der Waals surface area contributed by atoms with Gasteiger partial charge in [-0.25, -0.2) is 4.79 Å². The lowest BCUT2D eigenvalue weighted by molar-refractivity contribution is -0.302. The van der Waals surface area contributed by atoms with Crippen LogP contribution < -0.4 is 4.74 Å². The molecule has 8 nitrogen and oxygen atoms in total. The van der Waals surface area contributed by atoms with Crippen molar-refractivity contribution >= 4 is 22.7 Å². The number of aromatic nitrogens is 1. The number of aliphatic hydroxyl groups is 1. The number of ketones is 1. The average molecular weight is 590 g/mol. The molecule has 2 aromatic rings. The first-order chi connectivity index (χ1) is 20.1. The fraction of sp³-hybridized carbons (Fsp3) is 0.600. The molecule has 1 aromatic carbocycles. The van der Waals surface area contributed by atoms with Gasteiger partial charge in [0, 0.05) is 29.6 Å². The SMILES string of the molecule is COc1ccc2c(c1)c(C(=O)O[C@H]1C(C)=C[C@]34C(=O)[C@@H](C=C5COC(C)(C)O[C@H]5[C@]13O)[C@H]1[C@@H](C[C@H]4C)C1(C)C)c(C)n2C. The van der Waals surface area contributed by atoms with Gasteiger partial charge in [0.05, 0.1) is 24.7 Å². The summed E-state index contributed by atoms with van der Waals surface area (Å²) >= 11 is 0. The Morgan fingerprint density at radius 1 is 1.16 bits per heavy atom. The molecule has 5 aliphatic rings. The summed E-state index contributed by atoms with van der Waals surface area (Å²) in [4.78, 5) is 29.2. The van der Waals surface area contributed by atoms with Crippen molar-refractivity contribution in [2.75, 3.05) is 13.7 Å². The van der Waals surface area contributed by atoms with E-state index in [2.05, 4.69) is 20.8 Å². The molecule has 2 bridgehead atoms.